The Kier molecular flexibility index (Phi) is 4.36. The van der Waals surface area contributed by atoms with Gasteiger partial charge in [0.2, 0.25) is 5.91 Å². The predicted octanol–water partition coefficient (Wildman–Crippen LogP) is 1.83. The molecule has 0 aromatic carbocycles. The lowest BCUT2D eigenvalue weighted by atomic mass is 9.75. The number of carbonyl (C=O) groups excluding carboxylic acids is 1. The molecule has 1 aliphatic rings. The van der Waals surface area contributed by atoms with Crippen LogP contribution in [-0.4, -0.2) is 49.4 Å². The Morgan fingerprint density at radius 1 is 1.25 bits per heavy atom. The molecule has 1 rings (SSSR count). The van der Waals surface area contributed by atoms with Crippen LogP contribution in [0.4, 0.5) is 0 Å². The van der Waals surface area contributed by atoms with Crippen molar-refractivity contribution in [1.29, 1.82) is 0 Å². The van der Waals surface area contributed by atoms with E-state index in [0.29, 0.717) is 12.0 Å². The number of hydrogen-bond donors (Lipinski definition) is 0. The van der Waals surface area contributed by atoms with Crippen molar-refractivity contribution in [3.63, 3.8) is 0 Å². The van der Waals surface area contributed by atoms with Crippen LogP contribution in [0.25, 0.3) is 0 Å². The fourth-order valence-corrected chi connectivity index (χ4v) is 2.37. The quantitative estimate of drug-likeness (QED) is 0.717. The van der Waals surface area contributed by atoms with Crippen LogP contribution in [0.2, 0.25) is 0 Å². The first-order valence-corrected chi connectivity index (χ1v) is 6.23. The normalized spacial score (nSPS) is 19.2. The van der Waals surface area contributed by atoms with Gasteiger partial charge in [0, 0.05) is 13.1 Å². The van der Waals surface area contributed by atoms with E-state index in [1.54, 1.807) is 0 Å². The van der Waals surface area contributed by atoms with E-state index in [1.807, 2.05) is 23.9 Å². The van der Waals surface area contributed by atoms with E-state index in [2.05, 4.69) is 20.8 Å². The fourth-order valence-electron chi connectivity index (χ4n) is 2.37. The molecule has 0 aromatic heterocycles. The van der Waals surface area contributed by atoms with Gasteiger partial charge in [0.1, 0.15) is 0 Å². The van der Waals surface area contributed by atoms with Gasteiger partial charge in [-0.05, 0) is 38.3 Å². The number of rotatable bonds is 2. The summed E-state index contributed by atoms with van der Waals surface area (Å²) in [6.45, 7) is 9.32. The molecule has 0 unspecified atom stereocenters. The zero-order valence-corrected chi connectivity index (χ0v) is 11.4. The lowest BCUT2D eigenvalue weighted by molar-refractivity contribution is -0.133. The smallest absolute Gasteiger partial charge is 0.236 e. The standard InChI is InChI=1S/C13H26N2O/c1-13(2,3)11-6-8-15(9-7-11)12(16)10-14(4)5/h11H,6-10H2,1-5H3. The van der Waals surface area contributed by atoms with Crippen LogP contribution in [0.15, 0.2) is 0 Å². The topological polar surface area (TPSA) is 23.6 Å². The third kappa shape index (κ3) is 3.78. The van der Waals surface area contributed by atoms with Gasteiger partial charge < -0.3 is 9.80 Å². The summed E-state index contributed by atoms with van der Waals surface area (Å²) in [5.74, 6) is 1.04. The molecular weight excluding hydrogens is 200 g/mol. The zero-order valence-electron chi connectivity index (χ0n) is 11.4. The summed E-state index contributed by atoms with van der Waals surface area (Å²) in [4.78, 5) is 15.8. The highest BCUT2D eigenvalue weighted by atomic mass is 16.2. The summed E-state index contributed by atoms with van der Waals surface area (Å²) in [7, 11) is 3.89. The minimum Gasteiger partial charge on any atom is -0.342 e. The van der Waals surface area contributed by atoms with Crippen molar-refractivity contribution in [3.05, 3.63) is 0 Å². The average Bonchev–Trinajstić information content (AvgIpc) is 2.15. The van der Waals surface area contributed by atoms with Crippen LogP contribution in [-0.2, 0) is 4.79 Å². The van der Waals surface area contributed by atoms with Crippen LogP contribution >= 0.6 is 0 Å². The van der Waals surface area contributed by atoms with Crippen LogP contribution in [0, 0.1) is 11.3 Å². The first-order valence-electron chi connectivity index (χ1n) is 6.23. The van der Waals surface area contributed by atoms with Gasteiger partial charge >= 0.3 is 0 Å². The number of piperidine rings is 1. The molecule has 0 N–H and O–H groups in total. The maximum absolute atomic E-state index is 11.8. The molecule has 0 spiro atoms. The van der Waals surface area contributed by atoms with Crippen molar-refractivity contribution < 1.29 is 4.79 Å². The second-order valence-electron chi connectivity index (χ2n) is 6.26. The molecule has 16 heavy (non-hydrogen) atoms. The maximum atomic E-state index is 11.8. The first-order chi connectivity index (χ1) is 7.30. The fraction of sp³-hybridized carbons (Fsp3) is 0.923. The highest BCUT2D eigenvalue weighted by Crippen LogP contribution is 2.34. The van der Waals surface area contributed by atoms with Crippen LogP contribution in [0.3, 0.4) is 0 Å². The monoisotopic (exact) mass is 226 g/mol. The molecule has 0 aliphatic carbocycles. The number of likely N-dealkylation sites (N-methyl/N-ethyl adjacent to an activating group) is 1. The number of nitrogens with zero attached hydrogens (tertiary/aromatic N) is 2. The van der Waals surface area contributed by atoms with E-state index in [4.69, 9.17) is 0 Å². The zero-order chi connectivity index (χ0) is 12.3. The number of likely N-dealkylation sites (tertiary alicyclic amines) is 1. The molecule has 1 amide bonds. The van der Waals surface area contributed by atoms with Gasteiger partial charge in [-0.1, -0.05) is 20.8 Å². The van der Waals surface area contributed by atoms with Gasteiger partial charge in [-0.2, -0.15) is 0 Å². The molecule has 1 fully saturated rings. The molecule has 0 aromatic rings. The van der Waals surface area contributed by atoms with Gasteiger partial charge in [0.25, 0.3) is 0 Å². The number of carbonyl (C=O) groups is 1. The van der Waals surface area contributed by atoms with E-state index < -0.39 is 0 Å². The van der Waals surface area contributed by atoms with E-state index in [9.17, 15) is 4.79 Å². The van der Waals surface area contributed by atoms with E-state index in [-0.39, 0.29) is 5.91 Å². The first kappa shape index (κ1) is 13.5. The van der Waals surface area contributed by atoms with Crippen molar-refractivity contribution >= 4 is 5.91 Å². The molecule has 0 saturated carbocycles. The second kappa shape index (κ2) is 5.17. The second-order valence-corrected chi connectivity index (χ2v) is 6.26. The molecule has 94 valence electrons. The third-order valence-corrected chi connectivity index (χ3v) is 3.52. The highest BCUT2D eigenvalue weighted by Gasteiger charge is 2.30. The van der Waals surface area contributed by atoms with E-state index in [1.165, 1.54) is 0 Å². The van der Waals surface area contributed by atoms with Gasteiger partial charge in [0.15, 0.2) is 0 Å². The number of amides is 1. The average molecular weight is 226 g/mol. The minimum atomic E-state index is 0.275. The molecule has 3 heteroatoms. The molecule has 3 nitrogen and oxygen atoms in total. The van der Waals surface area contributed by atoms with E-state index in [0.717, 1.165) is 31.8 Å². The predicted molar refractivity (Wildman–Crippen MR) is 67.3 cm³/mol. The lowest BCUT2D eigenvalue weighted by Gasteiger charge is -2.39. The molecule has 1 heterocycles. The summed E-state index contributed by atoms with van der Waals surface area (Å²) in [5, 5.41) is 0. The summed E-state index contributed by atoms with van der Waals surface area (Å²) in [5.41, 5.74) is 0.386. The Labute approximate surface area is 99.8 Å². The lowest BCUT2D eigenvalue weighted by Crippen LogP contribution is -2.44. The van der Waals surface area contributed by atoms with Crippen molar-refractivity contribution in [2.45, 2.75) is 33.6 Å². The third-order valence-electron chi connectivity index (χ3n) is 3.52. The van der Waals surface area contributed by atoms with E-state index >= 15 is 0 Å². The Morgan fingerprint density at radius 3 is 2.12 bits per heavy atom. The van der Waals surface area contributed by atoms with Crippen molar-refractivity contribution in [2.24, 2.45) is 11.3 Å². The highest BCUT2D eigenvalue weighted by molar-refractivity contribution is 5.78. The molecule has 0 bridgehead atoms. The summed E-state index contributed by atoms with van der Waals surface area (Å²) < 4.78 is 0. The maximum Gasteiger partial charge on any atom is 0.236 e. The molecule has 1 saturated heterocycles. The van der Waals surface area contributed by atoms with Crippen molar-refractivity contribution in [1.82, 2.24) is 9.80 Å². The van der Waals surface area contributed by atoms with Crippen LogP contribution < -0.4 is 0 Å². The molecule has 0 radical (unpaired) electrons. The van der Waals surface area contributed by atoms with Gasteiger partial charge in [0.05, 0.1) is 6.54 Å². The van der Waals surface area contributed by atoms with Crippen LogP contribution in [0.5, 0.6) is 0 Å². The Bertz CT molecular complexity index is 235. The van der Waals surface area contributed by atoms with Gasteiger partial charge in [-0.3, -0.25) is 4.79 Å². The van der Waals surface area contributed by atoms with Crippen molar-refractivity contribution in [3.8, 4) is 0 Å². The SMILES string of the molecule is CN(C)CC(=O)N1CCC(C(C)(C)C)CC1. The Hall–Kier alpha value is -0.570. The van der Waals surface area contributed by atoms with Crippen molar-refractivity contribution in [2.75, 3.05) is 33.7 Å². The molecular formula is C13H26N2O. The summed E-state index contributed by atoms with van der Waals surface area (Å²) >= 11 is 0. The van der Waals surface area contributed by atoms with Gasteiger partial charge in [-0.25, -0.2) is 0 Å². The van der Waals surface area contributed by atoms with Crippen LogP contribution in [0.1, 0.15) is 33.6 Å². The summed E-state index contributed by atoms with van der Waals surface area (Å²) in [6.07, 6.45) is 2.31. The number of hydrogen-bond acceptors (Lipinski definition) is 2. The Balaban J connectivity index is 2.40. The minimum absolute atomic E-state index is 0.275. The Morgan fingerprint density at radius 2 is 1.75 bits per heavy atom. The summed E-state index contributed by atoms with van der Waals surface area (Å²) in [6, 6.07) is 0. The molecule has 0 atom stereocenters. The molecule has 1 aliphatic heterocycles. The largest absolute Gasteiger partial charge is 0.342 e. The van der Waals surface area contributed by atoms with Gasteiger partial charge in [-0.15, -0.1) is 0 Å².